The van der Waals surface area contributed by atoms with Gasteiger partial charge in [-0.05, 0) is 32.9 Å². The molecule has 1 aromatic carbocycles. The Kier molecular flexibility index (Phi) is 4.04. The lowest BCUT2D eigenvalue weighted by Gasteiger charge is -2.22. The third kappa shape index (κ3) is 3.21. The van der Waals surface area contributed by atoms with Gasteiger partial charge in [0, 0.05) is 18.0 Å². The molecule has 0 saturated carbocycles. The molecule has 2 rings (SSSR count). The van der Waals surface area contributed by atoms with Crippen LogP contribution in [0, 0.1) is 5.92 Å². The van der Waals surface area contributed by atoms with Gasteiger partial charge in [0.2, 0.25) is 0 Å². The van der Waals surface area contributed by atoms with E-state index in [4.69, 9.17) is 9.47 Å². The van der Waals surface area contributed by atoms with Gasteiger partial charge in [-0.2, -0.15) is 0 Å². The summed E-state index contributed by atoms with van der Waals surface area (Å²) in [7, 11) is 1.98. The van der Waals surface area contributed by atoms with Crippen molar-refractivity contribution < 1.29 is 9.47 Å². The van der Waals surface area contributed by atoms with E-state index < -0.39 is 0 Å². The van der Waals surface area contributed by atoms with Crippen molar-refractivity contribution in [2.75, 3.05) is 13.7 Å². The fourth-order valence-electron chi connectivity index (χ4n) is 2.49. The second-order valence-corrected chi connectivity index (χ2v) is 6.23. The van der Waals surface area contributed by atoms with Crippen LogP contribution < -0.4 is 14.8 Å². The van der Waals surface area contributed by atoms with Gasteiger partial charge in [0.15, 0.2) is 11.5 Å². The average molecular weight is 263 g/mol. The van der Waals surface area contributed by atoms with Crippen LogP contribution in [0.2, 0.25) is 0 Å². The summed E-state index contributed by atoms with van der Waals surface area (Å²) in [6.07, 6.45) is 0.944. The maximum Gasteiger partial charge on any atom is 0.165 e. The summed E-state index contributed by atoms with van der Waals surface area (Å²) >= 11 is 0. The van der Waals surface area contributed by atoms with Crippen LogP contribution in [0.3, 0.4) is 0 Å². The summed E-state index contributed by atoms with van der Waals surface area (Å²) in [5.41, 5.74) is 1.12. The lowest BCUT2D eigenvalue weighted by Crippen LogP contribution is -2.36. The summed E-state index contributed by atoms with van der Waals surface area (Å²) in [6, 6.07) is 6.51. The van der Waals surface area contributed by atoms with Gasteiger partial charge < -0.3 is 14.8 Å². The van der Waals surface area contributed by atoms with Crippen LogP contribution in [0.25, 0.3) is 0 Å². The van der Waals surface area contributed by atoms with Crippen molar-refractivity contribution >= 4 is 0 Å². The first-order valence-electron chi connectivity index (χ1n) is 7.04. The number of ether oxygens (including phenoxy) is 2. The van der Waals surface area contributed by atoms with Gasteiger partial charge in [-0.25, -0.2) is 0 Å². The Labute approximate surface area is 116 Å². The van der Waals surface area contributed by atoms with Crippen molar-refractivity contribution in [2.45, 2.75) is 45.8 Å². The largest absolute Gasteiger partial charge is 0.488 e. The van der Waals surface area contributed by atoms with E-state index in [1.807, 2.05) is 19.2 Å². The van der Waals surface area contributed by atoms with Crippen LogP contribution in [0.15, 0.2) is 18.2 Å². The molecule has 3 nitrogen and oxygen atoms in total. The highest BCUT2D eigenvalue weighted by Crippen LogP contribution is 2.41. The van der Waals surface area contributed by atoms with Gasteiger partial charge in [0.05, 0.1) is 0 Å². The molecule has 0 amide bonds. The van der Waals surface area contributed by atoms with Gasteiger partial charge >= 0.3 is 0 Å². The molecule has 19 heavy (non-hydrogen) atoms. The highest BCUT2D eigenvalue weighted by Gasteiger charge is 2.32. The van der Waals surface area contributed by atoms with Crippen LogP contribution >= 0.6 is 0 Å². The molecule has 3 heteroatoms. The molecule has 1 unspecified atom stereocenters. The van der Waals surface area contributed by atoms with E-state index in [2.05, 4.69) is 39.1 Å². The highest BCUT2D eigenvalue weighted by molar-refractivity contribution is 5.50. The predicted octanol–water partition coefficient (Wildman–Crippen LogP) is 3.02. The van der Waals surface area contributed by atoms with Crippen LogP contribution in [-0.4, -0.2) is 25.3 Å². The molecule has 1 aromatic rings. The number of likely N-dealkylation sites (N-methyl/N-ethyl adjacent to an activating group) is 1. The molecule has 0 spiro atoms. The maximum absolute atomic E-state index is 6.01. The number of benzene rings is 1. The lowest BCUT2D eigenvalue weighted by atomic mass is 10.0. The maximum atomic E-state index is 6.01. The Bertz CT molecular complexity index is 440. The molecule has 1 N–H and O–H groups in total. The molecule has 0 aliphatic carbocycles. The van der Waals surface area contributed by atoms with Crippen molar-refractivity contribution in [3.8, 4) is 11.5 Å². The van der Waals surface area contributed by atoms with E-state index >= 15 is 0 Å². The Morgan fingerprint density at radius 3 is 2.74 bits per heavy atom. The Balaban J connectivity index is 2.09. The van der Waals surface area contributed by atoms with E-state index in [9.17, 15) is 0 Å². The van der Waals surface area contributed by atoms with Crippen LogP contribution in [0.5, 0.6) is 11.5 Å². The molecule has 106 valence electrons. The molecule has 0 bridgehead atoms. The molecule has 0 fully saturated rings. The van der Waals surface area contributed by atoms with Crippen LogP contribution in [0.1, 0.15) is 33.3 Å². The van der Waals surface area contributed by atoms with Crippen molar-refractivity contribution in [1.82, 2.24) is 5.32 Å². The summed E-state index contributed by atoms with van der Waals surface area (Å²) in [5.74, 6) is 2.33. The van der Waals surface area contributed by atoms with Crippen molar-refractivity contribution in [2.24, 2.45) is 5.92 Å². The van der Waals surface area contributed by atoms with E-state index in [-0.39, 0.29) is 5.60 Å². The molecule has 0 aromatic heterocycles. The molecular formula is C16H25NO2. The smallest absolute Gasteiger partial charge is 0.165 e. The molecule has 0 saturated heterocycles. The van der Waals surface area contributed by atoms with Gasteiger partial charge in [-0.15, -0.1) is 0 Å². The number of fused-ring (bicyclic) bond motifs is 1. The van der Waals surface area contributed by atoms with E-state index in [0.29, 0.717) is 18.6 Å². The summed E-state index contributed by atoms with van der Waals surface area (Å²) in [4.78, 5) is 0. The zero-order valence-corrected chi connectivity index (χ0v) is 12.6. The zero-order valence-electron chi connectivity index (χ0n) is 12.6. The molecule has 1 aliphatic heterocycles. The summed E-state index contributed by atoms with van der Waals surface area (Å²) in [6.45, 7) is 9.27. The van der Waals surface area contributed by atoms with Gasteiger partial charge in [0.1, 0.15) is 12.2 Å². The molecule has 0 radical (unpaired) electrons. The second-order valence-electron chi connectivity index (χ2n) is 6.23. The van der Waals surface area contributed by atoms with E-state index in [1.54, 1.807) is 0 Å². The van der Waals surface area contributed by atoms with Crippen LogP contribution in [0.4, 0.5) is 0 Å². The fourth-order valence-corrected chi connectivity index (χ4v) is 2.49. The third-order valence-corrected chi connectivity index (χ3v) is 3.65. The topological polar surface area (TPSA) is 30.5 Å². The first-order valence-corrected chi connectivity index (χ1v) is 7.04. The average Bonchev–Trinajstić information content (AvgIpc) is 2.64. The number of para-hydroxylation sites is 1. The number of hydrogen-bond donors (Lipinski definition) is 1. The molecule has 1 atom stereocenters. The quantitative estimate of drug-likeness (QED) is 0.886. The Hall–Kier alpha value is -1.22. The number of nitrogens with one attached hydrogen (secondary N) is 1. The Morgan fingerprint density at radius 2 is 2.11 bits per heavy atom. The molecule has 1 heterocycles. The minimum absolute atomic E-state index is 0.123. The minimum Gasteiger partial charge on any atom is -0.488 e. The number of rotatable bonds is 5. The van der Waals surface area contributed by atoms with E-state index in [1.165, 1.54) is 5.56 Å². The van der Waals surface area contributed by atoms with E-state index in [0.717, 1.165) is 17.9 Å². The van der Waals surface area contributed by atoms with Crippen molar-refractivity contribution in [3.63, 3.8) is 0 Å². The van der Waals surface area contributed by atoms with Crippen molar-refractivity contribution in [3.05, 3.63) is 23.8 Å². The first kappa shape index (κ1) is 14.2. The monoisotopic (exact) mass is 263 g/mol. The summed E-state index contributed by atoms with van der Waals surface area (Å²) in [5, 5.41) is 3.29. The fraction of sp³-hybridized carbons (Fsp3) is 0.625. The van der Waals surface area contributed by atoms with Gasteiger partial charge in [0.25, 0.3) is 0 Å². The second kappa shape index (κ2) is 5.41. The molecule has 1 aliphatic rings. The normalized spacial score (nSPS) is 18.0. The zero-order chi connectivity index (χ0) is 14.0. The van der Waals surface area contributed by atoms with Crippen LogP contribution in [-0.2, 0) is 6.42 Å². The lowest BCUT2D eigenvalue weighted by molar-refractivity contribution is 0.130. The van der Waals surface area contributed by atoms with Crippen molar-refractivity contribution in [1.29, 1.82) is 0 Å². The Morgan fingerprint density at radius 1 is 1.37 bits per heavy atom. The van der Waals surface area contributed by atoms with Gasteiger partial charge in [-0.3, -0.25) is 0 Å². The predicted molar refractivity (Wildman–Crippen MR) is 78.0 cm³/mol. The highest BCUT2D eigenvalue weighted by atomic mass is 16.5. The SMILES string of the molecule is CNC(COc1cccc2c1OC(C)(C)C2)C(C)C. The molecular weight excluding hydrogens is 238 g/mol. The third-order valence-electron chi connectivity index (χ3n) is 3.65. The first-order chi connectivity index (χ1) is 8.93. The summed E-state index contributed by atoms with van der Waals surface area (Å²) < 4.78 is 12.0. The van der Waals surface area contributed by atoms with Gasteiger partial charge in [-0.1, -0.05) is 26.0 Å². The number of hydrogen-bond acceptors (Lipinski definition) is 3. The minimum atomic E-state index is -0.123. The standard InChI is InChI=1S/C16H25NO2/c1-11(2)13(17-5)10-18-14-8-6-7-12-9-16(3,4)19-15(12)14/h6-8,11,13,17H,9-10H2,1-5H3.